The van der Waals surface area contributed by atoms with Gasteiger partial charge in [0.15, 0.2) is 0 Å². The van der Waals surface area contributed by atoms with Crippen molar-refractivity contribution in [2.75, 3.05) is 36.4 Å². The molecule has 8 rings (SSSR count). The van der Waals surface area contributed by atoms with Gasteiger partial charge in [-0.3, -0.25) is 34.1 Å². The number of rotatable bonds is 11. The Hall–Kier alpha value is -5.77. The van der Waals surface area contributed by atoms with Crippen LogP contribution >= 0.6 is 0 Å². The average Bonchev–Trinajstić information content (AvgIpc) is 3.73. The van der Waals surface area contributed by atoms with E-state index in [2.05, 4.69) is 31.0 Å². The van der Waals surface area contributed by atoms with Gasteiger partial charge in [-0.15, -0.1) is 0 Å². The standard InChI is InChI=1S/C39H41F3N10O7S/c1-38(2,57)21-50-18-22(16-44-50)33-28(39(40,41)42)17-43-37(48-33)46-23-6-8-26(9-7-23)60(58,59)51-14-12-24(13-15-51)45-25-19-49(20-25)29-5-3-4-27-32(29)36(56)52(35(27)55)30-10-11-31(53)47-34(30)54/h3-9,16-18,24-25,30,45,57H,10-15,19-21H2,1-2H3,(H,43,46,48)(H,47,53,54). The van der Waals surface area contributed by atoms with Gasteiger partial charge in [-0.25, -0.2) is 18.4 Å². The van der Waals surface area contributed by atoms with Crippen LogP contribution in [0.15, 0.2) is 66.0 Å². The van der Waals surface area contributed by atoms with Crippen LogP contribution in [0.5, 0.6) is 0 Å². The number of hydrogen-bond acceptors (Lipinski definition) is 13. The molecule has 3 saturated heterocycles. The Morgan fingerprint density at radius 1 is 0.933 bits per heavy atom. The number of alkyl halides is 3. The summed E-state index contributed by atoms with van der Waals surface area (Å²) in [5, 5.41) is 22.8. The highest BCUT2D eigenvalue weighted by molar-refractivity contribution is 7.89. The fraction of sp³-hybridized carbons (Fsp3) is 0.410. The van der Waals surface area contributed by atoms with E-state index in [1.165, 1.54) is 45.6 Å². The molecule has 4 aliphatic heterocycles. The van der Waals surface area contributed by atoms with Crippen molar-refractivity contribution in [3.05, 3.63) is 77.7 Å². The second kappa shape index (κ2) is 15.4. The molecule has 4 amide bonds. The van der Waals surface area contributed by atoms with Crippen LogP contribution in [0.2, 0.25) is 0 Å². The minimum absolute atomic E-state index is 0.0311. The highest BCUT2D eigenvalue weighted by Crippen LogP contribution is 2.38. The molecule has 4 aliphatic rings. The van der Waals surface area contributed by atoms with Gasteiger partial charge in [0.05, 0.1) is 45.7 Å². The van der Waals surface area contributed by atoms with Crippen molar-refractivity contribution in [3.8, 4) is 11.3 Å². The molecule has 4 aromatic rings. The lowest BCUT2D eigenvalue weighted by Crippen LogP contribution is -2.61. The summed E-state index contributed by atoms with van der Waals surface area (Å²) >= 11 is 0. The molecular weight excluding hydrogens is 810 g/mol. The summed E-state index contributed by atoms with van der Waals surface area (Å²) in [5.74, 6) is -2.40. The number of halogens is 3. The summed E-state index contributed by atoms with van der Waals surface area (Å²) in [7, 11) is -3.87. The van der Waals surface area contributed by atoms with Crippen LogP contribution in [-0.2, 0) is 32.3 Å². The lowest BCUT2D eigenvalue weighted by Gasteiger charge is -2.44. The van der Waals surface area contributed by atoms with Gasteiger partial charge in [-0.05, 0) is 69.5 Å². The number of anilines is 3. The minimum atomic E-state index is -4.76. The first-order chi connectivity index (χ1) is 28.4. The highest BCUT2D eigenvalue weighted by atomic mass is 32.2. The number of hydrogen-bond donors (Lipinski definition) is 4. The number of piperidine rings is 2. The van der Waals surface area contributed by atoms with Crippen molar-refractivity contribution >= 4 is 51.0 Å². The van der Waals surface area contributed by atoms with Gasteiger partial charge < -0.3 is 20.6 Å². The number of imide groups is 2. The molecule has 4 N–H and O–H groups in total. The molecule has 1 unspecified atom stereocenters. The first-order valence-corrected chi connectivity index (χ1v) is 20.7. The van der Waals surface area contributed by atoms with Gasteiger partial charge in [0, 0.05) is 68.3 Å². The van der Waals surface area contributed by atoms with E-state index in [1.54, 1.807) is 32.0 Å². The number of benzene rings is 2. The quantitative estimate of drug-likeness (QED) is 0.160. The van der Waals surface area contributed by atoms with E-state index in [0.29, 0.717) is 43.5 Å². The normalized spacial score (nSPS) is 19.7. The Morgan fingerprint density at radius 3 is 2.32 bits per heavy atom. The predicted octanol–water partition coefficient (Wildman–Crippen LogP) is 2.91. The van der Waals surface area contributed by atoms with Crippen molar-refractivity contribution in [3.63, 3.8) is 0 Å². The molecule has 60 heavy (non-hydrogen) atoms. The third-order valence-corrected chi connectivity index (χ3v) is 12.8. The molecular formula is C39H41F3N10O7S. The number of amides is 4. The van der Waals surface area contributed by atoms with Crippen LogP contribution in [0.1, 0.15) is 65.8 Å². The third kappa shape index (κ3) is 8.08. The molecule has 2 aromatic carbocycles. The van der Waals surface area contributed by atoms with E-state index in [9.17, 15) is 45.9 Å². The summed E-state index contributed by atoms with van der Waals surface area (Å²) < 4.78 is 71.7. The van der Waals surface area contributed by atoms with Gasteiger partial charge in [0.25, 0.3) is 11.8 Å². The number of aromatic nitrogens is 4. The fourth-order valence-corrected chi connectivity index (χ4v) is 9.43. The van der Waals surface area contributed by atoms with Gasteiger partial charge in [0.1, 0.15) is 11.6 Å². The van der Waals surface area contributed by atoms with Crippen molar-refractivity contribution < 1.29 is 45.9 Å². The Bertz CT molecular complexity index is 2480. The van der Waals surface area contributed by atoms with E-state index < -0.39 is 62.7 Å². The van der Waals surface area contributed by atoms with E-state index in [4.69, 9.17) is 0 Å². The molecule has 0 aliphatic carbocycles. The zero-order valence-corrected chi connectivity index (χ0v) is 33.3. The number of carbonyl (C=O) groups is 4. The molecule has 3 fully saturated rings. The molecule has 0 spiro atoms. The summed E-state index contributed by atoms with van der Waals surface area (Å²) in [6.07, 6.45) is -0.319. The zero-order chi connectivity index (χ0) is 42.7. The second-order valence-electron chi connectivity index (χ2n) is 15.9. The van der Waals surface area contributed by atoms with Gasteiger partial charge in [-0.2, -0.15) is 22.6 Å². The summed E-state index contributed by atoms with van der Waals surface area (Å²) in [6, 6.07) is 9.80. The SMILES string of the molecule is CC(C)(O)Cn1cc(-c2nc(Nc3ccc(S(=O)(=O)N4CCC(NC5CN(c6cccc7c6C(=O)N(C6CCC(=O)NC6=O)C7=O)C5)CC4)cc3)ncc2C(F)(F)F)cn1. The first kappa shape index (κ1) is 41.0. The zero-order valence-electron chi connectivity index (χ0n) is 32.4. The van der Waals surface area contributed by atoms with Crippen LogP contribution in [0.25, 0.3) is 11.3 Å². The summed E-state index contributed by atoms with van der Waals surface area (Å²) in [6.45, 7) is 4.75. The molecule has 0 bridgehead atoms. The van der Waals surface area contributed by atoms with Crippen molar-refractivity contribution in [2.45, 2.75) is 80.9 Å². The average molecular weight is 851 g/mol. The predicted molar refractivity (Wildman–Crippen MR) is 208 cm³/mol. The van der Waals surface area contributed by atoms with Crippen LogP contribution in [0.3, 0.4) is 0 Å². The largest absolute Gasteiger partial charge is 0.419 e. The minimum Gasteiger partial charge on any atom is -0.389 e. The topological polar surface area (TPSA) is 212 Å². The molecule has 0 radical (unpaired) electrons. The van der Waals surface area contributed by atoms with Gasteiger partial charge in [0.2, 0.25) is 27.8 Å². The monoisotopic (exact) mass is 850 g/mol. The maximum absolute atomic E-state index is 13.9. The van der Waals surface area contributed by atoms with Crippen LogP contribution in [0.4, 0.5) is 30.5 Å². The Labute approximate surface area is 342 Å². The van der Waals surface area contributed by atoms with Gasteiger partial charge >= 0.3 is 6.18 Å². The number of nitrogens with one attached hydrogen (secondary N) is 3. The molecule has 21 heteroatoms. The second-order valence-corrected chi connectivity index (χ2v) is 17.9. The van der Waals surface area contributed by atoms with Crippen LogP contribution in [-0.4, -0.2) is 116 Å². The number of nitrogens with zero attached hydrogens (tertiary/aromatic N) is 7. The third-order valence-electron chi connectivity index (χ3n) is 10.9. The molecule has 6 heterocycles. The molecule has 0 saturated carbocycles. The summed E-state index contributed by atoms with van der Waals surface area (Å²) in [4.78, 5) is 61.8. The van der Waals surface area contributed by atoms with Crippen LogP contribution in [0, 0.1) is 0 Å². The number of carbonyl (C=O) groups excluding carboxylic acids is 4. The smallest absolute Gasteiger partial charge is 0.389 e. The van der Waals surface area contributed by atoms with Crippen LogP contribution < -0.4 is 20.9 Å². The Kier molecular flexibility index (Phi) is 10.5. The molecule has 17 nitrogen and oxygen atoms in total. The maximum Gasteiger partial charge on any atom is 0.419 e. The van der Waals surface area contributed by atoms with E-state index in [1.807, 2.05) is 4.90 Å². The molecule has 316 valence electrons. The Balaban J connectivity index is 0.854. The number of sulfonamides is 1. The Morgan fingerprint density at radius 2 is 1.65 bits per heavy atom. The van der Waals surface area contributed by atoms with Gasteiger partial charge in [-0.1, -0.05) is 6.07 Å². The number of fused-ring (bicyclic) bond motifs is 1. The van der Waals surface area contributed by atoms with Crippen molar-refractivity contribution in [1.29, 1.82) is 0 Å². The van der Waals surface area contributed by atoms with E-state index in [-0.39, 0.29) is 72.1 Å². The number of aliphatic hydroxyl groups is 1. The van der Waals surface area contributed by atoms with Crippen molar-refractivity contribution in [1.82, 2.24) is 39.6 Å². The first-order valence-electron chi connectivity index (χ1n) is 19.3. The van der Waals surface area contributed by atoms with E-state index >= 15 is 0 Å². The summed E-state index contributed by atoms with van der Waals surface area (Å²) in [5.41, 5.74) is -1.19. The molecule has 1 atom stereocenters. The van der Waals surface area contributed by atoms with E-state index in [0.717, 1.165) is 4.90 Å². The fourth-order valence-electron chi connectivity index (χ4n) is 7.96. The van der Waals surface area contributed by atoms with Crippen molar-refractivity contribution in [2.24, 2.45) is 0 Å². The highest BCUT2D eigenvalue weighted by Gasteiger charge is 2.47. The lowest BCUT2D eigenvalue weighted by molar-refractivity contribution is -0.138. The maximum atomic E-state index is 13.9. The molecule has 2 aromatic heterocycles. The lowest BCUT2D eigenvalue weighted by atomic mass is 9.99.